The van der Waals surface area contributed by atoms with Crippen LogP contribution in [0.5, 0.6) is 0 Å². The number of rotatable bonds is 7. The summed E-state index contributed by atoms with van der Waals surface area (Å²) in [6, 6.07) is 6.45. The minimum absolute atomic E-state index is 0.464. The monoisotopic (exact) mass is 268 g/mol. The fourth-order valence-corrected chi connectivity index (χ4v) is 2.33. The summed E-state index contributed by atoms with van der Waals surface area (Å²) in [5, 5.41) is 0.781. The molecule has 0 saturated heterocycles. The van der Waals surface area contributed by atoms with Crippen LogP contribution in [0.15, 0.2) is 18.2 Å². The van der Waals surface area contributed by atoms with Gasteiger partial charge in [0.25, 0.3) is 0 Å². The first-order valence-corrected chi connectivity index (χ1v) is 7.23. The number of benzene rings is 1. The zero-order valence-corrected chi connectivity index (χ0v) is 12.5. The lowest BCUT2D eigenvalue weighted by molar-refractivity contribution is 0.624. The Morgan fingerprint density at radius 1 is 1.28 bits per heavy atom. The predicted molar refractivity (Wildman–Crippen MR) is 81.4 cm³/mol. The average molecular weight is 269 g/mol. The summed E-state index contributed by atoms with van der Waals surface area (Å²) < 4.78 is 0. The molecule has 2 nitrogen and oxygen atoms in total. The maximum absolute atomic E-state index is 6.12. The second-order valence-corrected chi connectivity index (χ2v) is 5.41. The quantitative estimate of drug-likeness (QED) is 0.751. The number of anilines is 1. The molecule has 102 valence electrons. The van der Waals surface area contributed by atoms with E-state index in [1.165, 1.54) is 30.5 Å². The number of hydrogen-bond donors (Lipinski definition) is 1. The number of unbranched alkanes of at least 4 members (excludes halogenated alkanes) is 2. The lowest BCUT2D eigenvalue weighted by Crippen LogP contribution is -2.32. The van der Waals surface area contributed by atoms with Crippen molar-refractivity contribution in [3.63, 3.8) is 0 Å². The van der Waals surface area contributed by atoms with Crippen LogP contribution in [0.2, 0.25) is 5.02 Å². The van der Waals surface area contributed by atoms with Crippen molar-refractivity contribution in [2.45, 2.75) is 52.6 Å². The van der Waals surface area contributed by atoms with Gasteiger partial charge in [-0.25, -0.2) is 0 Å². The number of halogens is 1. The van der Waals surface area contributed by atoms with Crippen molar-refractivity contribution >= 4 is 17.3 Å². The van der Waals surface area contributed by atoms with Crippen molar-refractivity contribution < 1.29 is 0 Å². The van der Waals surface area contributed by atoms with Crippen LogP contribution in [0.4, 0.5) is 5.69 Å². The van der Waals surface area contributed by atoms with Crippen molar-refractivity contribution in [1.29, 1.82) is 0 Å². The molecule has 1 aromatic carbocycles. The van der Waals surface area contributed by atoms with Gasteiger partial charge in [-0.15, -0.1) is 0 Å². The van der Waals surface area contributed by atoms with Gasteiger partial charge in [-0.1, -0.05) is 37.4 Å². The van der Waals surface area contributed by atoms with Crippen LogP contribution in [0.25, 0.3) is 0 Å². The molecule has 0 aromatic heterocycles. The topological polar surface area (TPSA) is 29.3 Å². The minimum Gasteiger partial charge on any atom is -0.369 e. The normalized spacial score (nSPS) is 11.0. The van der Waals surface area contributed by atoms with Crippen LogP contribution >= 0.6 is 11.6 Å². The van der Waals surface area contributed by atoms with Crippen LogP contribution in [-0.2, 0) is 6.54 Å². The van der Waals surface area contributed by atoms with Crippen molar-refractivity contribution in [2.75, 3.05) is 11.4 Å². The first-order valence-electron chi connectivity index (χ1n) is 6.85. The molecule has 1 rings (SSSR count). The van der Waals surface area contributed by atoms with Crippen molar-refractivity contribution in [2.24, 2.45) is 5.73 Å². The smallest absolute Gasteiger partial charge is 0.0429 e. The van der Waals surface area contributed by atoms with Gasteiger partial charge < -0.3 is 10.6 Å². The van der Waals surface area contributed by atoms with Crippen LogP contribution < -0.4 is 10.6 Å². The van der Waals surface area contributed by atoms with Crippen molar-refractivity contribution in [3.8, 4) is 0 Å². The number of nitrogens with two attached hydrogens (primary N) is 1. The first kappa shape index (κ1) is 15.3. The highest BCUT2D eigenvalue weighted by atomic mass is 35.5. The molecule has 0 aliphatic heterocycles. The van der Waals surface area contributed by atoms with Gasteiger partial charge in [0, 0.05) is 29.8 Å². The van der Waals surface area contributed by atoms with E-state index in [0.29, 0.717) is 12.6 Å². The molecule has 0 aliphatic rings. The molecule has 18 heavy (non-hydrogen) atoms. The summed E-state index contributed by atoms with van der Waals surface area (Å²) in [6.45, 7) is 8.28. The van der Waals surface area contributed by atoms with E-state index < -0.39 is 0 Å². The van der Waals surface area contributed by atoms with Gasteiger partial charge >= 0.3 is 0 Å². The molecule has 0 atom stereocenters. The fraction of sp³-hybridized carbons (Fsp3) is 0.600. The fourth-order valence-electron chi connectivity index (χ4n) is 2.17. The van der Waals surface area contributed by atoms with E-state index in [2.05, 4.69) is 25.7 Å². The lowest BCUT2D eigenvalue weighted by atomic mass is 10.1. The highest BCUT2D eigenvalue weighted by molar-refractivity contribution is 6.30. The maximum atomic E-state index is 6.12. The Morgan fingerprint density at radius 2 is 2.00 bits per heavy atom. The van der Waals surface area contributed by atoms with E-state index >= 15 is 0 Å². The van der Waals surface area contributed by atoms with Gasteiger partial charge in [-0.05, 0) is 38.0 Å². The molecular formula is C15H25ClN2. The second kappa shape index (κ2) is 7.65. The first-order chi connectivity index (χ1) is 8.60. The zero-order valence-electron chi connectivity index (χ0n) is 11.7. The molecule has 0 radical (unpaired) electrons. The molecule has 0 amide bonds. The average Bonchev–Trinajstić information content (AvgIpc) is 2.34. The van der Waals surface area contributed by atoms with Gasteiger partial charge in [0.05, 0.1) is 0 Å². The Kier molecular flexibility index (Phi) is 6.51. The molecule has 2 N–H and O–H groups in total. The summed E-state index contributed by atoms with van der Waals surface area (Å²) in [6.07, 6.45) is 3.72. The molecule has 0 saturated carbocycles. The third-order valence-corrected chi connectivity index (χ3v) is 3.44. The van der Waals surface area contributed by atoms with E-state index in [0.717, 1.165) is 11.6 Å². The summed E-state index contributed by atoms with van der Waals surface area (Å²) >= 11 is 6.12. The van der Waals surface area contributed by atoms with E-state index in [4.69, 9.17) is 17.3 Å². The van der Waals surface area contributed by atoms with Gasteiger partial charge in [0.15, 0.2) is 0 Å². The van der Waals surface area contributed by atoms with Gasteiger partial charge in [-0.2, -0.15) is 0 Å². The number of nitrogens with zero attached hydrogens (tertiary/aromatic N) is 1. The maximum Gasteiger partial charge on any atom is 0.0429 e. The summed E-state index contributed by atoms with van der Waals surface area (Å²) in [7, 11) is 0. The van der Waals surface area contributed by atoms with Gasteiger partial charge in [0.2, 0.25) is 0 Å². The Hall–Kier alpha value is -0.730. The van der Waals surface area contributed by atoms with Gasteiger partial charge in [-0.3, -0.25) is 0 Å². The highest BCUT2D eigenvalue weighted by Crippen LogP contribution is 2.26. The zero-order chi connectivity index (χ0) is 13.5. The lowest BCUT2D eigenvalue weighted by Gasteiger charge is -2.31. The molecule has 0 aliphatic carbocycles. The Labute approximate surface area is 116 Å². The van der Waals surface area contributed by atoms with Crippen LogP contribution in [0, 0.1) is 0 Å². The molecule has 0 fully saturated rings. The second-order valence-electron chi connectivity index (χ2n) is 4.97. The Balaban J connectivity index is 2.93. The largest absolute Gasteiger partial charge is 0.369 e. The van der Waals surface area contributed by atoms with Gasteiger partial charge in [0.1, 0.15) is 0 Å². The van der Waals surface area contributed by atoms with E-state index in [1.54, 1.807) is 0 Å². The number of hydrogen-bond acceptors (Lipinski definition) is 2. The van der Waals surface area contributed by atoms with Crippen molar-refractivity contribution in [1.82, 2.24) is 0 Å². The summed E-state index contributed by atoms with van der Waals surface area (Å²) in [5.41, 5.74) is 8.19. The third-order valence-electron chi connectivity index (χ3n) is 3.20. The summed E-state index contributed by atoms with van der Waals surface area (Å²) in [4.78, 5) is 2.41. The molecule has 0 bridgehead atoms. The molecule has 0 spiro atoms. The van der Waals surface area contributed by atoms with E-state index in [-0.39, 0.29) is 0 Å². The van der Waals surface area contributed by atoms with Crippen LogP contribution in [0.3, 0.4) is 0 Å². The molecule has 3 heteroatoms. The Morgan fingerprint density at radius 3 is 2.56 bits per heavy atom. The van der Waals surface area contributed by atoms with E-state index in [1.807, 2.05) is 18.2 Å². The van der Waals surface area contributed by atoms with Crippen molar-refractivity contribution in [3.05, 3.63) is 28.8 Å². The standard InChI is InChI=1S/C15H25ClN2/c1-4-5-6-9-18(12(2)3)15-10-14(16)8-7-13(15)11-17/h7-8,10,12H,4-6,9,11,17H2,1-3H3. The highest BCUT2D eigenvalue weighted by Gasteiger charge is 2.14. The van der Waals surface area contributed by atoms with E-state index in [9.17, 15) is 0 Å². The SMILES string of the molecule is CCCCCN(c1cc(Cl)ccc1CN)C(C)C. The molecule has 1 aromatic rings. The Bertz CT molecular complexity index is 364. The summed E-state index contributed by atoms with van der Waals surface area (Å²) in [5.74, 6) is 0. The van der Waals surface area contributed by atoms with Crippen LogP contribution in [0.1, 0.15) is 45.6 Å². The van der Waals surface area contributed by atoms with Crippen LogP contribution in [-0.4, -0.2) is 12.6 Å². The molecule has 0 heterocycles. The third kappa shape index (κ3) is 4.18. The molecular weight excluding hydrogens is 244 g/mol. The minimum atomic E-state index is 0.464. The molecule has 0 unspecified atom stereocenters. The predicted octanol–water partition coefficient (Wildman–Crippen LogP) is 4.20.